The minimum Gasteiger partial charge on any atom is -0.326 e. The van der Waals surface area contributed by atoms with Crippen molar-refractivity contribution in [2.45, 2.75) is 25.9 Å². The van der Waals surface area contributed by atoms with Crippen molar-refractivity contribution >= 4 is 27.5 Å². The monoisotopic (exact) mass is 364 g/mol. The number of carbonyl (C=O) groups excluding carboxylic acids is 1. The van der Waals surface area contributed by atoms with Crippen molar-refractivity contribution in [1.29, 1.82) is 0 Å². The highest BCUT2D eigenvalue weighted by atomic mass is 79.9. The first-order valence-electron chi connectivity index (χ1n) is 6.67. The molecule has 1 amide bonds. The molecule has 1 aromatic rings. The lowest BCUT2D eigenvalue weighted by Gasteiger charge is -2.25. The third kappa shape index (κ3) is 3.58. The maximum Gasteiger partial charge on any atom is 0.416 e. The molecule has 3 nitrogen and oxygen atoms in total. The third-order valence-electron chi connectivity index (χ3n) is 3.89. The molecule has 0 bridgehead atoms. The Kier molecular flexibility index (Phi) is 4.63. The van der Waals surface area contributed by atoms with Crippen LogP contribution in [0.25, 0.3) is 0 Å². The Morgan fingerprint density at radius 1 is 1.43 bits per heavy atom. The van der Waals surface area contributed by atoms with Crippen LogP contribution in [0.5, 0.6) is 0 Å². The zero-order chi connectivity index (χ0) is 15.7. The predicted octanol–water partition coefficient (Wildman–Crippen LogP) is 3.80. The second kappa shape index (κ2) is 5.96. The maximum absolute atomic E-state index is 12.8. The molecule has 21 heavy (non-hydrogen) atoms. The first-order valence-corrected chi connectivity index (χ1v) is 7.46. The maximum atomic E-state index is 12.8. The van der Waals surface area contributed by atoms with Gasteiger partial charge in [0.2, 0.25) is 5.91 Å². The lowest BCUT2D eigenvalue weighted by atomic mass is 9.83. The molecule has 2 rings (SSSR count). The van der Waals surface area contributed by atoms with Crippen LogP contribution in [0, 0.1) is 5.41 Å². The fraction of sp³-hybridized carbons (Fsp3) is 0.500. The lowest BCUT2D eigenvalue weighted by molar-refractivity contribution is -0.137. The number of carbonyl (C=O) groups is 1. The van der Waals surface area contributed by atoms with Crippen LogP contribution in [-0.2, 0) is 11.0 Å². The van der Waals surface area contributed by atoms with Crippen LogP contribution in [0.1, 0.15) is 25.3 Å². The van der Waals surface area contributed by atoms with E-state index < -0.39 is 17.2 Å². The standard InChI is InChI=1S/C14H16BrF3N2O/c1-2-13(3-4-19-8-13)12(21)20-11-6-9(14(16,17)18)5-10(15)7-11/h5-7,19H,2-4,8H2,1H3,(H,20,21). The van der Waals surface area contributed by atoms with Crippen molar-refractivity contribution in [3.8, 4) is 0 Å². The largest absolute Gasteiger partial charge is 0.416 e. The fourth-order valence-corrected chi connectivity index (χ4v) is 2.98. The number of alkyl halides is 3. The number of amides is 1. The number of rotatable bonds is 3. The summed E-state index contributed by atoms with van der Waals surface area (Å²) in [7, 11) is 0. The van der Waals surface area contributed by atoms with Gasteiger partial charge in [-0.3, -0.25) is 4.79 Å². The molecule has 1 fully saturated rings. The minimum atomic E-state index is -4.44. The average Bonchev–Trinajstić information content (AvgIpc) is 2.87. The highest BCUT2D eigenvalue weighted by Gasteiger charge is 2.39. The lowest BCUT2D eigenvalue weighted by Crippen LogP contribution is -2.37. The number of hydrogen-bond acceptors (Lipinski definition) is 2. The van der Waals surface area contributed by atoms with Gasteiger partial charge in [0.25, 0.3) is 0 Å². The van der Waals surface area contributed by atoms with Gasteiger partial charge in [0, 0.05) is 16.7 Å². The second-order valence-electron chi connectivity index (χ2n) is 5.24. The summed E-state index contributed by atoms with van der Waals surface area (Å²) in [5, 5.41) is 5.75. The summed E-state index contributed by atoms with van der Waals surface area (Å²) in [6.07, 6.45) is -3.11. The van der Waals surface area contributed by atoms with Gasteiger partial charge in [0.15, 0.2) is 0 Å². The SMILES string of the molecule is CCC1(C(=O)Nc2cc(Br)cc(C(F)(F)F)c2)CCNC1. The van der Waals surface area contributed by atoms with Crippen LogP contribution < -0.4 is 10.6 Å². The van der Waals surface area contributed by atoms with Gasteiger partial charge in [-0.2, -0.15) is 13.2 Å². The summed E-state index contributed by atoms with van der Waals surface area (Å²) >= 11 is 3.05. The van der Waals surface area contributed by atoms with Crippen molar-refractivity contribution in [3.05, 3.63) is 28.2 Å². The molecule has 1 aliphatic rings. The quantitative estimate of drug-likeness (QED) is 0.856. The number of benzene rings is 1. The van der Waals surface area contributed by atoms with Crippen molar-refractivity contribution < 1.29 is 18.0 Å². The number of halogens is 4. The molecule has 0 spiro atoms. The first-order chi connectivity index (χ1) is 9.77. The van der Waals surface area contributed by atoms with E-state index in [1.54, 1.807) is 0 Å². The molecule has 0 aliphatic carbocycles. The van der Waals surface area contributed by atoms with E-state index in [0.29, 0.717) is 19.4 Å². The van der Waals surface area contributed by atoms with E-state index in [0.717, 1.165) is 18.7 Å². The van der Waals surface area contributed by atoms with Gasteiger partial charge in [-0.25, -0.2) is 0 Å². The summed E-state index contributed by atoms with van der Waals surface area (Å²) in [4.78, 5) is 12.4. The van der Waals surface area contributed by atoms with Gasteiger partial charge < -0.3 is 10.6 Å². The summed E-state index contributed by atoms with van der Waals surface area (Å²) in [5.41, 5.74) is -1.18. The zero-order valence-corrected chi connectivity index (χ0v) is 13.1. The first kappa shape index (κ1) is 16.3. The molecule has 1 aliphatic heterocycles. The van der Waals surface area contributed by atoms with E-state index in [1.165, 1.54) is 6.07 Å². The Bertz CT molecular complexity index is 540. The summed E-state index contributed by atoms with van der Waals surface area (Å²) in [6.45, 7) is 3.21. The summed E-state index contributed by atoms with van der Waals surface area (Å²) in [6, 6.07) is 3.41. The van der Waals surface area contributed by atoms with Crippen molar-refractivity contribution in [1.82, 2.24) is 5.32 Å². The Hall–Kier alpha value is -1.08. The van der Waals surface area contributed by atoms with E-state index in [9.17, 15) is 18.0 Å². The number of nitrogens with one attached hydrogen (secondary N) is 2. The molecular formula is C14H16BrF3N2O. The highest BCUT2D eigenvalue weighted by Crippen LogP contribution is 2.35. The van der Waals surface area contributed by atoms with E-state index in [-0.39, 0.29) is 16.1 Å². The Morgan fingerprint density at radius 3 is 2.67 bits per heavy atom. The number of anilines is 1. The van der Waals surface area contributed by atoms with E-state index in [4.69, 9.17) is 0 Å². The molecule has 1 aromatic carbocycles. The molecule has 0 aromatic heterocycles. The smallest absolute Gasteiger partial charge is 0.326 e. The van der Waals surface area contributed by atoms with Crippen LogP contribution >= 0.6 is 15.9 Å². The highest BCUT2D eigenvalue weighted by molar-refractivity contribution is 9.10. The topological polar surface area (TPSA) is 41.1 Å². The van der Waals surface area contributed by atoms with Gasteiger partial charge >= 0.3 is 6.18 Å². The zero-order valence-electron chi connectivity index (χ0n) is 11.5. The van der Waals surface area contributed by atoms with E-state index in [2.05, 4.69) is 26.6 Å². The van der Waals surface area contributed by atoms with Crippen LogP contribution in [0.4, 0.5) is 18.9 Å². The Labute approximate surface area is 129 Å². The summed E-state index contributed by atoms with van der Waals surface area (Å²) < 4.78 is 38.6. The molecule has 1 unspecified atom stereocenters. The molecule has 0 radical (unpaired) electrons. The van der Waals surface area contributed by atoms with Gasteiger partial charge in [0.1, 0.15) is 0 Å². The normalized spacial score (nSPS) is 22.3. The molecule has 1 heterocycles. The van der Waals surface area contributed by atoms with E-state index in [1.807, 2.05) is 6.92 Å². The van der Waals surface area contributed by atoms with Crippen LogP contribution in [0.15, 0.2) is 22.7 Å². The molecule has 1 saturated heterocycles. The van der Waals surface area contributed by atoms with Gasteiger partial charge in [-0.15, -0.1) is 0 Å². The molecule has 7 heteroatoms. The van der Waals surface area contributed by atoms with Crippen molar-refractivity contribution in [2.75, 3.05) is 18.4 Å². The number of hydrogen-bond donors (Lipinski definition) is 2. The minimum absolute atomic E-state index is 0.154. The van der Waals surface area contributed by atoms with Gasteiger partial charge in [0.05, 0.1) is 11.0 Å². The van der Waals surface area contributed by atoms with Crippen LogP contribution in [0.2, 0.25) is 0 Å². The van der Waals surface area contributed by atoms with Crippen molar-refractivity contribution in [3.63, 3.8) is 0 Å². The summed E-state index contributed by atoms with van der Waals surface area (Å²) in [5.74, 6) is -0.235. The predicted molar refractivity (Wildman–Crippen MR) is 78.0 cm³/mol. The molecule has 1 atom stereocenters. The van der Waals surface area contributed by atoms with Crippen molar-refractivity contribution in [2.24, 2.45) is 5.41 Å². The van der Waals surface area contributed by atoms with Crippen LogP contribution in [0.3, 0.4) is 0 Å². The molecule has 2 N–H and O–H groups in total. The molecule has 0 saturated carbocycles. The molecular weight excluding hydrogens is 349 g/mol. The fourth-order valence-electron chi connectivity index (χ4n) is 2.49. The Balaban J connectivity index is 2.23. The second-order valence-corrected chi connectivity index (χ2v) is 6.16. The Morgan fingerprint density at radius 2 is 2.14 bits per heavy atom. The van der Waals surface area contributed by atoms with Crippen LogP contribution in [-0.4, -0.2) is 19.0 Å². The van der Waals surface area contributed by atoms with E-state index >= 15 is 0 Å². The van der Waals surface area contributed by atoms with Gasteiger partial charge in [-0.05, 0) is 37.6 Å². The van der Waals surface area contributed by atoms with Gasteiger partial charge in [-0.1, -0.05) is 22.9 Å². The molecule has 116 valence electrons. The average molecular weight is 365 g/mol. The third-order valence-corrected chi connectivity index (χ3v) is 4.34.